The first-order valence-electron chi connectivity index (χ1n) is 13.3. The maximum atomic E-state index is 10.3. The average Bonchev–Trinajstić information content (AvgIpc) is 3.03. The SMILES string of the molecule is CC(C)[C@H](C)CC[C@@H](C)[C@@H]1CC[C@H]2[C@@H]3CC[C@H]4C[C@@H](O)CC[C@]4(C)[C@@H]3CC[C@@]21C. The van der Waals surface area contributed by atoms with Crippen LogP contribution in [0.25, 0.3) is 0 Å². The van der Waals surface area contributed by atoms with Crippen molar-refractivity contribution in [1.29, 1.82) is 0 Å². The zero-order valence-corrected chi connectivity index (χ0v) is 20.4. The molecule has 0 heterocycles. The minimum Gasteiger partial charge on any atom is -0.393 e. The average molecular weight is 403 g/mol. The van der Waals surface area contributed by atoms with E-state index in [1.165, 1.54) is 57.8 Å². The molecule has 0 spiro atoms. The van der Waals surface area contributed by atoms with Crippen molar-refractivity contribution in [1.82, 2.24) is 0 Å². The van der Waals surface area contributed by atoms with Crippen molar-refractivity contribution in [2.75, 3.05) is 0 Å². The van der Waals surface area contributed by atoms with E-state index in [0.29, 0.717) is 10.8 Å². The molecular weight excluding hydrogens is 352 g/mol. The quantitative estimate of drug-likeness (QED) is 0.499. The van der Waals surface area contributed by atoms with Crippen molar-refractivity contribution in [2.24, 2.45) is 58.2 Å². The van der Waals surface area contributed by atoms with Gasteiger partial charge in [-0.05, 0) is 116 Å². The van der Waals surface area contributed by atoms with Crippen LogP contribution in [0.15, 0.2) is 0 Å². The Bertz CT molecular complexity index is 569. The van der Waals surface area contributed by atoms with Gasteiger partial charge in [-0.15, -0.1) is 0 Å². The van der Waals surface area contributed by atoms with Crippen LogP contribution in [0.4, 0.5) is 0 Å². The van der Waals surface area contributed by atoms with Crippen molar-refractivity contribution in [2.45, 2.75) is 118 Å². The summed E-state index contributed by atoms with van der Waals surface area (Å²) in [5.41, 5.74) is 1.14. The van der Waals surface area contributed by atoms with Gasteiger partial charge in [0.1, 0.15) is 0 Å². The fourth-order valence-electron chi connectivity index (χ4n) is 9.27. The van der Waals surface area contributed by atoms with Gasteiger partial charge in [0.05, 0.1) is 6.10 Å². The third kappa shape index (κ3) is 3.74. The summed E-state index contributed by atoms with van der Waals surface area (Å²) in [7, 11) is 0. The summed E-state index contributed by atoms with van der Waals surface area (Å²) in [6.45, 7) is 15.2. The molecule has 4 aliphatic carbocycles. The third-order valence-electron chi connectivity index (χ3n) is 11.6. The van der Waals surface area contributed by atoms with E-state index in [1.807, 2.05) is 0 Å². The molecule has 1 nitrogen and oxygen atoms in total. The van der Waals surface area contributed by atoms with Crippen LogP contribution in [0, 0.1) is 58.2 Å². The Morgan fingerprint density at radius 3 is 2.21 bits per heavy atom. The van der Waals surface area contributed by atoms with Crippen LogP contribution >= 0.6 is 0 Å². The summed E-state index contributed by atoms with van der Waals surface area (Å²) in [6.07, 6.45) is 15.1. The Kier molecular flexibility index (Phi) is 6.22. The molecule has 0 aromatic rings. The Labute approximate surface area is 181 Å². The Hall–Kier alpha value is -0.0400. The van der Waals surface area contributed by atoms with Crippen LogP contribution in [0.1, 0.15) is 112 Å². The molecule has 0 aromatic carbocycles. The molecule has 4 rings (SSSR count). The molecule has 10 atom stereocenters. The fourth-order valence-corrected chi connectivity index (χ4v) is 9.27. The minimum absolute atomic E-state index is 0.0107. The molecule has 4 aliphatic rings. The van der Waals surface area contributed by atoms with Crippen LogP contribution in [0.3, 0.4) is 0 Å². The lowest BCUT2D eigenvalue weighted by molar-refractivity contribution is -0.129. The molecule has 0 amide bonds. The highest BCUT2D eigenvalue weighted by Gasteiger charge is 2.60. The zero-order chi connectivity index (χ0) is 21.0. The van der Waals surface area contributed by atoms with E-state index in [4.69, 9.17) is 0 Å². The number of aliphatic hydroxyl groups excluding tert-OH is 1. The van der Waals surface area contributed by atoms with Crippen molar-refractivity contribution in [3.63, 3.8) is 0 Å². The number of rotatable bonds is 5. The second-order valence-corrected chi connectivity index (χ2v) is 13.1. The largest absolute Gasteiger partial charge is 0.393 e. The molecule has 0 aromatic heterocycles. The van der Waals surface area contributed by atoms with E-state index in [9.17, 15) is 5.11 Å². The highest BCUT2D eigenvalue weighted by molar-refractivity contribution is 5.09. The maximum Gasteiger partial charge on any atom is 0.0543 e. The van der Waals surface area contributed by atoms with Gasteiger partial charge >= 0.3 is 0 Å². The molecule has 1 N–H and O–H groups in total. The maximum absolute atomic E-state index is 10.3. The van der Waals surface area contributed by atoms with Crippen LogP contribution in [-0.2, 0) is 0 Å². The zero-order valence-electron chi connectivity index (χ0n) is 20.4. The summed E-state index contributed by atoms with van der Waals surface area (Å²) in [5.74, 6) is 7.28. The summed E-state index contributed by atoms with van der Waals surface area (Å²) in [4.78, 5) is 0. The standard InChI is InChI=1S/C28H50O/c1-18(2)19(3)7-8-20(4)24-11-12-25-23-10-9-21-17-22(29)13-15-27(21,5)26(23)14-16-28(24,25)6/h18-26,29H,7-17H2,1-6H3/t19-,20-,21+,22+,23+,24+,25+,26-,27+,28-/m1/s1. The molecule has 1 heteroatoms. The lowest BCUT2D eigenvalue weighted by Crippen LogP contribution is -2.54. The topological polar surface area (TPSA) is 20.2 Å². The molecule has 0 unspecified atom stereocenters. The highest BCUT2D eigenvalue weighted by atomic mass is 16.3. The predicted molar refractivity (Wildman–Crippen MR) is 124 cm³/mol. The second kappa shape index (κ2) is 8.14. The summed E-state index contributed by atoms with van der Waals surface area (Å²) in [5, 5.41) is 10.3. The summed E-state index contributed by atoms with van der Waals surface area (Å²) >= 11 is 0. The van der Waals surface area contributed by atoms with Gasteiger partial charge in [-0.2, -0.15) is 0 Å². The van der Waals surface area contributed by atoms with E-state index in [1.54, 1.807) is 0 Å². The van der Waals surface area contributed by atoms with Gasteiger partial charge in [-0.3, -0.25) is 0 Å². The van der Waals surface area contributed by atoms with Crippen molar-refractivity contribution < 1.29 is 5.11 Å². The van der Waals surface area contributed by atoms with Crippen LogP contribution in [0.5, 0.6) is 0 Å². The number of fused-ring (bicyclic) bond motifs is 5. The lowest BCUT2D eigenvalue weighted by atomic mass is 9.44. The minimum atomic E-state index is -0.0107. The molecule has 0 saturated heterocycles. The van der Waals surface area contributed by atoms with Crippen molar-refractivity contribution in [3.05, 3.63) is 0 Å². The molecular formula is C28H50O. The number of aliphatic hydroxyl groups is 1. The van der Waals surface area contributed by atoms with Gasteiger partial charge in [0.2, 0.25) is 0 Å². The lowest BCUT2D eigenvalue weighted by Gasteiger charge is -2.61. The van der Waals surface area contributed by atoms with E-state index in [-0.39, 0.29) is 6.10 Å². The molecule has 4 fully saturated rings. The Morgan fingerprint density at radius 2 is 1.48 bits per heavy atom. The van der Waals surface area contributed by atoms with E-state index >= 15 is 0 Å². The monoisotopic (exact) mass is 402 g/mol. The van der Waals surface area contributed by atoms with Crippen LogP contribution < -0.4 is 0 Å². The third-order valence-corrected chi connectivity index (χ3v) is 11.6. The van der Waals surface area contributed by atoms with Gasteiger partial charge in [-0.1, -0.05) is 54.4 Å². The van der Waals surface area contributed by atoms with Crippen LogP contribution in [0.2, 0.25) is 0 Å². The second-order valence-electron chi connectivity index (χ2n) is 13.1. The van der Waals surface area contributed by atoms with Crippen molar-refractivity contribution >= 4 is 0 Å². The molecule has 4 saturated carbocycles. The fraction of sp³-hybridized carbons (Fsp3) is 1.00. The van der Waals surface area contributed by atoms with Gasteiger partial charge in [-0.25, -0.2) is 0 Å². The first-order valence-corrected chi connectivity index (χ1v) is 13.3. The Balaban J connectivity index is 1.46. The molecule has 168 valence electrons. The smallest absolute Gasteiger partial charge is 0.0543 e. The summed E-state index contributed by atoms with van der Waals surface area (Å²) in [6, 6.07) is 0. The first-order chi connectivity index (χ1) is 13.7. The van der Waals surface area contributed by atoms with Crippen LogP contribution in [-0.4, -0.2) is 11.2 Å². The van der Waals surface area contributed by atoms with Gasteiger partial charge in [0, 0.05) is 0 Å². The normalized spacial score (nSPS) is 49.2. The number of hydrogen-bond donors (Lipinski definition) is 1. The van der Waals surface area contributed by atoms with E-state index < -0.39 is 0 Å². The van der Waals surface area contributed by atoms with Crippen molar-refractivity contribution in [3.8, 4) is 0 Å². The molecule has 29 heavy (non-hydrogen) atoms. The molecule has 0 aliphatic heterocycles. The van der Waals surface area contributed by atoms with E-state index in [2.05, 4.69) is 41.5 Å². The Morgan fingerprint density at radius 1 is 0.793 bits per heavy atom. The van der Waals surface area contributed by atoms with E-state index in [0.717, 1.165) is 60.2 Å². The molecule has 0 radical (unpaired) electrons. The summed E-state index contributed by atoms with van der Waals surface area (Å²) < 4.78 is 0. The molecule has 0 bridgehead atoms. The van der Waals surface area contributed by atoms with Gasteiger partial charge < -0.3 is 5.11 Å². The highest BCUT2D eigenvalue weighted by Crippen LogP contribution is 2.68. The predicted octanol–water partition coefficient (Wildman–Crippen LogP) is 7.71. The van der Waals surface area contributed by atoms with Gasteiger partial charge in [0.15, 0.2) is 0 Å². The number of hydrogen-bond acceptors (Lipinski definition) is 1. The first kappa shape index (κ1) is 22.2. The van der Waals surface area contributed by atoms with Gasteiger partial charge in [0.25, 0.3) is 0 Å².